The molecule has 34 heavy (non-hydrogen) atoms. The van der Waals surface area contributed by atoms with Crippen molar-refractivity contribution in [2.45, 2.75) is 18.0 Å². The monoisotopic (exact) mass is 495 g/mol. The predicted molar refractivity (Wildman–Crippen MR) is 133 cm³/mol. The molecule has 7 heteroatoms. The molecule has 4 aromatic carbocycles. The second-order valence-corrected chi connectivity index (χ2v) is 10.0. The van der Waals surface area contributed by atoms with Crippen LogP contribution in [-0.4, -0.2) is 19.8 Å². The Balaban J connectivity index is 1.68. The van der Waals surface area contributed by atoms with E-state index in [1.165, 1.54) is 28.6 Å². The van der Waals surface area contributed by atoms with Crippen molar-refractivity contribution < 1.29 is 17.5 Å². The molecule has 0 N–H and O–H groups in total. The van der Waals surface area contributed by atoms with Gasteiger partial charge in [-0.1, -0.05) is 78.3 Å². The summed E-state index contributed by atoms with van der Waals surface area (Å²) in [5.41, 5.74) is 2.76. The summed E-state index contributed by atoms with van der Waals surface area (Å²) in [5, 5.41) is 0.180. The minimum absolute atomic E-state index is 0.0497. The summed E-state index contributed by atoms with van der Waals surface area (Å²) in [4.78, 5) is 0.133. The Hall–Kier alpha value is -3.19. The number of methoxy groups -OCH3 is 1. The Bertz CT molecular complexity index is 1360. The molecule has 0 spiro atoms. The van der Waals surface area contributed by atoms with Gasteiger partial charge in [-0.15, -0.1) is 0 Å². The van der Waals surface area contributed by atoms with E-state index in [1.807, 2.05) is 48.5 Å². The van der Waals surface area contributed by atoms with Crippen LogP contribution in [0.15, 0.2) is 102 Å². The maximum absolute atomic E-state index is 14.5. The molecule has 0 amide bonds. The molecule has 0 radical (unpaired) electrons. The van der Waals surface area contributed by atoms with Crippen molar-refractivity contribution in [3.05, 3.63) is 119 Å². The van der Waals surface area contributed by atoms with Gasteiger partial charge in [-0.25, -0.2) is 12.8 Å². The van der Waals surface area contributed by atoms with Crippen molar-refractivity contribution in [1.29, 1.82) is 0 Å². The van der Waals surface area contributed by atoms with Gasteiger partial charge in [0.1, 0.15) is 11.6 Å². The summed E-state index contributed by atoms with van der Waals surface area (Å²) in [5.74, 6) is 0.199. The van der Waals surface area contributed by atoms with Crippen LogP contribution in [0.3, 0.4) is 0 Å². The van der Waals surface area contributed by atoms with Gasteiger partial charge in [0.05, 0.1) is 12.0 Å². The van der Waals surface area contributed by atoms with Gasteiger partial charge >= 0.3 is 0 Å². The van der Waals surface area contributed by atoms with Crippen LogP contribution >= 0.6 is 11.6 Å². The van der Waals surface area contributed by atoms with E-state index in [2.05, 4.69) is 0 Å². The number of ether oxygens (including phenoxy) is 1. The third kappa shape index (κ3) is 5.14. The fourth-order valence-corrected chi connectivity index (χ4v) is 5.34. The van der Waals surface area contributed by atoms with E-state index in [0.717, 1.165) is 22.4 Å². The highest BCUT2D eigenvalue weighted by Gasteiger charge is 2.26. The number of hydrogen-bond acceptors (Lipinski definition) is 3. The molecule has 0 fully saturated rings. The van der Waals surface area contributed by atoms with Gasteiger partial charge in [0.25, 0.3) is 0 Å². The minimum Gasteiger partial charge on any atom is -0.496 e. The molecule has 0 aliphatic heterocycles. The van der Waals surface area contributed by atoms with E-state index >= 15 is 0 Å². The molecule has 0 unspecified atom stereocenters. The highest BCUT2D eigenvalue weighted by Crippen LogP contribution is 2.31. The van der Waals surface area contributed by atoms with Gasteiger partial charge in [0, 0.05) is 29.2 Å². The predicted octanol–water partition coefficient (Wildman–Crippen LogP) is 6.55. The van der Waals surface area contributed by atoms with E-state index in [1.54, 1.807) is 31.4 Å². The van der Waals surface area contributed by atoms with Gasteiger partial charge in [0.2, 0.25) is 10.0 Å². The fourth-order valence-electron chi connectivity index (χ4n) is 3.70. The smallest absolute Gasteiger partial charge is 0.243 e. The normalized spacial score (nSPS) is 11.5. The Morgan fingerprint density at radius 3 is 2.18 bits per heavy atom. The Morgan fingerprint density at radius 2 is 1.50 bits per heavy atom. The number of benzene rings is 4. The Kier molecular flexibility index (Phi) is 7.32. The average Bonchev–Trinajstić information content (AvgIpc) is 2.86. The number of sulfonamides is 1. The number of para-hydroxylation sites is 1. The zero-order valence-electron chi connectivity index (χ0n) is 18.5. The number of nitrogens with zero attached hydrogens (tertiary/aromatic N) is 1. The lowest BCUT2D eigenvalue weighted by Crippen LogP contribution is -2.30. The summed E-state index contributed by atoms with van der Waals surface area (Å²) in [6.07, 6.45) is 0. The highest BCUT2D eigenvalue weighted by atomic mass is 35.5. The molecule has 0 saturated heterocycles. The standard InChI is InChI=1S/C27H23ClFNO3S/c1-33-27-13-6-5-10-23(27)21-16-14-20(15-17-21)18-30(19-24-25(28)11-7-12-26(24)29)34(31,32)22-8-3-2-4-9-22/h2-17H,18-19H2,1H3. The van der Waals surface area contributed by atoms with Crippen molar-refractivity contribution in [2.75, 3.05) is 7.11 Å². The summed E-state index contributed by atoms with van der Waals surface area (Å²) < 4.78 is 48.2. The van der Waals surface area contributed by atoms with E-state index in [4.69, 9.17) is 16.3 Å². The lowest BCUT2D eigenvalue weighted by atomic mass is 10.0. The van der Waals surface area contributed by atoms with Crippen LogP contribution in [0.4, 0.5) is 4.39 Å². The number of halogens is 2. The Morgan fingerprint density at radius 1 is 0.824 bits per heavy atom. The summed E-state index contributed by atoms with van der Waals surface area (Å²) in [7, 11) is -2.30. The molecule has 4 aromatic rings. The van der Waals surface area contributed by atoms with Crippen LogP contribution in [0, 0.1) is 5.82 Å². The van der Waals surface area contributed by atoms with Crippen LogP contribution in [0.25, 0.3) is 11.1 Å². The zero-order chi connectivity index (χ0) is 24.1. The third-order valence-corrected chi connectivity index (χ3v) is 7.67. The van der Waals surface area contributed by atoms with Gasteiger partial charge < -0.3 is 4.74 Å². The first-order chi connectivity index (χ1) is 16.4. The molecule has 0 aliphatic carbocycles. The maximum Gasteiger partial charge on any atom is 0.243 e. The quantitative estimate of drug-likeness (QED) is 0.278. The van der Waals surface area contributed by atoms with E-state index in [0.29, 0.717) is 0 Å². The van der Waals surface area contributed by atoms with Crippen LogP contribution in [0.1, 0.15) is 11.1 Å². The molecular formula is C27H23ClFNO3S. The molecule has 4 rings (SSSR count). The average molecular weight is 496 g/mol. The van der Waals surface area contributed by atoms with Crippen molar-refractivity contribution in [2.24, 2.45) is 0 Å². The summed E-state index contributed by atoms with van der Waals surface area (Å²) >= 11 is 6.22. The topological polar surface area (TPSA) is 46.6 Å². The first-order valence-electron chi connectivity index (χ1n) is 10.6. The van der Waals surface area contributed by atoms with E-state index < -0.39 is 15.8 Å². The van der Waals surface area contributed by atoms with E-state index in [-0.39, 0.29) is 28.6 Å². The molecule has 174 valence electrons. The molecule has 0 saturated carbocycles. The highest BCUT2D eigenvalue weighted by molar-refractivity contribution is 7.89. The molecule has 4 nitrogen and oxygen atoms in total. The lowest BCUT2D eigenvalue weighted by Gasteiger charge is -2.23. The van der Waals surface area contributed by atoms with Gasteiger partial charge in [0.15, 0.2) is 0 Å². The van der Waals surface area contributed by atoms with Crippen molar-refractivity contribution >= 4 is 21.6 Å². The van der Waals surface area contributed by atoms with Crippen LogP contribution in [0.2, 0.25) is 5.02 Å². The van der Waals surface area contributed by atoms with Crippen LogP contribution < -0.4 is 4.74 Å². The first-order valence-corrected chi connectivity index (χ1v) is 12.4. The SMILES string of the molecule is COc1ccccc1-c1ccc(CN(Cc2c(F)cccc2Cl)S(=O)(=O)c2ccccc2)cc1. The van der Waals surface area contributed by atoms with Crippen molar-refractivity contribution in [3.8, 4) is 16.9 Å². The van der Waals surface area contributed by atoms with Gasteiger partial charge in [-0.2, -0.15) is 4.31 Å². The first kappa shape index (κ1) is 24.0. The molecule has 0 aromatic heterocycles. The molecular weight excluding hydrogens is 473 g/mol. The fraction of sp³-hybridized carbons (Fsp3) is 0.111. The van der Waals surface area contributed by atoms with Gasteiger partial charge in [-0.3, -0.25) is 0 Å². The third-order valence-electron chi connectivity index (χ3n) is 5.51. The number of rotatable bonds is 8. The maximum atomic E-state index is 14.5. The molecule has 0 heterocycles. The lowest BCUT2D eigenvalue weighted by molar-refractivity contribution is 0.394. The molecule has 0 atom stereocenters. The van der Waals surface area contributed by atoms with Crippen molar-refractivity contribution in [1.82, 2.24) is 4.31 Å². The van der Waals surface area contributed by atoms with Crippen LogP contribution in [-0.2, 0) is 23.1 Å². The minimum atomic E-state index is -3.92. The Labute approximate surface area is 204 Å². The number of hydrogen-bond donors (Lipinski definition) is 0. The second-order valence-electron chi connectivity index (χ2n) is 7.68. The zero-order valence-corrected chi connectivity index (χ0v) is 20.1. The van der Waals surface area contributed by atoms with E-state index in [9.17, 15) is 12.8 Å². The van der Waals surface area contributed by atoms with Crippen molar-refractivity contribution in [3.63, 3.8) is 0 Å². The largest absolute Gasteiger partial charge is 0.496 e. The second kappa shape index (κ2) is 10.4. The molecule has 0 aliphatic rings. The molecule has 0 bridgehead atoms. The van der Waals surface area contributed by atoms with Crippen LogP contribution in [0.5, 0.6) is 5.75 Å². The summed E-state index contributed by atoms with van der Waals surface area (Å²) in [6, 6.07) is 27.6. The van der Waals surface area contributed by atoms with Gasteiger partial charge in [-0.05, 0) is 41.5 Å². The summed E-state index contributed by atoms with van der Waals surface area (Å²) in [6.45, 7) is -0.148.